The van der Waals surface area contributed by atoms with Gasteiger partial charge in [0.2, 0.25) is 11.8 Å². The number of hydrogen-bond donors (Lipinski definition) is 2. The molecule has 7 rings (SSSR count). The highest BCUT2D eigenvalue weighted by atomic mass is 16.6. The lowest BCUT2D eigenvalue weighted by Crippen LogP contribution is -2.43. The van der Waals surface area contributed by atoms with Crippen molar-refractivity contribution in [1.82, 2.24) is 25.3 Å². The number of pyridine rings is 4. The Morgan fingerprint density at radius 2 is 0.949 bits per heavy atom. The number of carbonyl (C=O) groups is 5. The minimum Gasteiger partial charge on any atom is -0.465 e. The lowest BCUT2D eigenvalue weighted by molar-refractivity contribution is -0.158. The van der Waals surface area contributed by atoms with Crippen LogP contribution in [0, 0.1) is 13.8 Å². The van der Waals surface area contributed by atoms with Crippen molar-refractivity contribution in [3.05, 3.63) is 191 Å². The van der Waals surface area contributed by atoms with Crippen LogP contribution in [0.3, 0.4) is 0 Å². The fraction of sp³-hybridized carbons (Fsp3) is 0.306. The van der Waals surface area contributed by atoms with E-state index in [0.717, 1.165) is 50.3 Å². The van der Waals surface area contributed by atoms with Crippen LogP contribution in [0.1, 0.15) is 80.7 Å². The number of ether oxygens (including phenoxy) is 5. The largest absolute Gasteiger partial charge is 0.465 e. The molecule has 78 heavy (non-hydrogen) atoms. The summed E-state index contributed by atoms with van der Waals surface area (Å²) in [5.74, 6) is -1.16. The number of benzene rings is 3. The fourth-order valence-electron chi connectivity index (χ4n) is 7.89. The molecule has 0 saturated heterocycles. The number of nitrogens with one attached hydrogen (secondary N) is 1. The number of ketones is 2. The molecule has 16 nitrogen and oxygen atoms in total. The molecule has 0 aliphatic carbocycles. The molecular weight excluding hydrogens is 989 g/mol. The molecule has 0 saturated carbocycles. The highest BCUT2D eigenvalue weighted by molar-refractivity contribution is 5.90. The first-order valence-corrected chi connectivity index (χ1v) is 25.6. The van der Waals surface area contributed by atoms with E-state index < -0.39 is 41.3 Å². The van der Waals surface area contributed by atoms with Gasteiger partial charge in [0.15, 0.2) is 24.8 Å². The van der Waals surface area contributed by atoms with Gasteiger partial charge >= 0.3 is 18.0 Å². The van der Waals surface area contributed by atoms with Gasteiger partial charge in [0, 0.05) is 71.3 Å². The van der Waals surface area contributed by atoms with Crippen LogP contribution >= 0.6 is 0 Å². The maximum absolute atomic E-state index is 13.9. The van der Waals surface area contributed by atoms with Crippen molar-refractivity contribution in [3.63, 3.8) is 0 Å². The van der Waals surface area contributed by atoms with Crippen LogP contribution in [0.4, 0.5) is 4.79 Å². The van der Waals surface area contributed by atoms with Crippen molar-refractivity contribution >= 4 is 29.6 Å². The first kappa shape index (κ1) is 58.6. The number of esters is 2. The van der Waals surface area contributed by atoms with Gasteiger partial charge in [-0.3, -0.25) is 19.6 Å². The SMILES string of the molecule is Cc1cc(-c2cnc(OCC(=O)OC(C)(C)C)c(CC(=O)[C@@H](N)Cc3ccccc3)c2)ccn1.Cc1cc(-c2cnc(OCC(=O)OC(C)(C)C)c(CC(=O)[C@H](Cc3ccccc3)NC(=O)OCc3ccccc3)c2)ccn1. The van der Waals surface area contributed by atoms with Gasteiger partial charge in [0.1, 0.15) is 17.8 Å². The number of alkyl carbamates (subject to hydrolysis) is 1. The summed E-state index contributed by atoms with van der Waals surface area (Å²) in [5, 5.41) is 2.75. The summed E-state index contributed by atoms with van der Waals surface area (Å²) in [6.45, 7) is 13.8. The average molecular weight is 1060 g/mol. The summed E-state index contributed by atoms with van der Waals surface area (Å²) in [7, 11) is 0. The molecule has 7 aromatic rings. The number of aromatic nitrogens is 4. The van der Waals surface area contributed by atoms with Crippen LogP contribution in [-0.2, 0) is 65.7 Å². The highest BCUT2D eigenvalue weighted by Crippen LogP contribution is 2.28. The first-order chi connectivity index (χ1) is 37.2. The Morgan fingerprint density at radius 3 is 1.38 bits per heavy atom. The van der Waals surface area contributed by atoms with Gasteiger partial charge in [0.05, 0.1) is 12.1 Å². The Morgan fingerprint density at radius 1 is 0.526 bits per heavy atom. The molecule has 0 spiro atoms. The molecule has 4 aromatic heterocycles. The van der Waals surface area contributed by atoms with E-state index in [0.29, 0.717) is 17.5 Å². The van der Waals surface area contributed by atoms with Crippen molar-refractivity contribution in [2.45, 2.75) is 111 Å². The lowest BCUT2D eigenvalue weighted by Gasteiger charge is -2.20. The number of aryl methyl sites for hydroxylation is 2. The molecule has 1 amide bonds. The second-order valence-electron chi connectivity index (χ2n) is 20.5. The smallest absolute Gasteiger partial charge is 0.408 e. The molecule has 0 bridgehead atoms. The summed E-state index contributed by atoms with van der Waals surface area (Å²) in [4.78, 5) is 81.5. The van der Waals surface area contributed by atoms with Crippen LogP contribution in [-0.4, -0.2) is 86.0 Å². The molecule has 3 aromatic carbocycles. The maximum Gasteiger partial charge on any atom is 0.408 e. The number of amides is 1. The van der Waals surface area contributed by atoms with Gasteiger partial charge in [-0.25, -0.2) is 24.4 Å². The van der Waals surface area contributed by atoms with E-state index in [2.05, 4.69) is 25.3 Å². The molecule has 0 fully saturated rings. The van der Waals surface area contributed by atoms with Gasteiger partial charge in [-0.05, 0) is 132 Å². The predicted molar refractivity (Wildman–Crippen MR) is 296 cm³/mol. The van der Waals surface area contributed by atoms with Gasteiger partial charge in [-0.15, -0.1) is 0 Å². The minimum absolute atomic E-state index is 0.0303. The Hall–Kier alpha value is -8.63. The van der Waals surface area contributed by atoms with E-state index in [9.17, 15) is 24.0 Å². The lowest BCUT2D eigenvalue weighted by atomic mass is 9.97. The van der Waals surface area contributed by atoms with E-state index in [1.54, 1.807) is 72.4 Å². The van der Waals surface area contributed by atoms with E-state index in [1.807, 2.05) is 135 Å². The Bertz CT molecular complexity index is 3120. The first-order valence-electron chi connectivity index (χ1n) is 25.6. The van der Waals surface area contributed by atoms with Crippen molar-refractivity contribution in [1.29, 1.82) is 0 Å². The van der Waals surface area contributed by atoms with Crippen LogP contribution in [0.2, 0.25) is 0 Å². The summed E-state index contributed by atoms with van der Waals surface area (Å²) in [6, 6.07) is 38.0. The predicted octanol–water partition coefficient (Wildman–Crippen LogP) is 9.68. The van der Waals surface area contributed by atoms with Crippen molar-refractivity contribution in [3.8, 4) is 34.0 Å². The summed E-state index contributed by atoms with van der Waals surface area (Å²) >= 11 is 0. The zero-order chi connectivity index (χ0) is 56.2. The molecule has 406 valence electrons. The molecule has 0 aliphatic heterocycles. The molecule has 3 N–H and O–H groups in total. The number of nitrogens with zero attached hydrogens (tertiary/aromatic N) is 4. The van der Waals surface area contributed by atoms with E-state index in [4.69, 9.17) is 29.4 Å². The molecule has 2 atom stereocenters. The number of carbonyl (C=O) groups excluding carboxylic acids is 5. The van der Waals surface area contributed by atoms with Gasteiger partial charge in [-0.1, -0.05) is 91.0 Å². The van der Waals surface area contributed by atoms with Crippen molar-refractivity contribution < 1.29 is 47.7 Å². The standard InChI is InChI=1S/C35H37N3O6.C27H31N3O4/c1-24-17-27(15-16-36-24)29-19-28(33(37-21-29)42-23-32(40)44-35(2,3)4)20-31(39)30(18-25-11-7-5-8-12-25)38-34(41)43-22-26-13-9-6-10-14-26;1-18-12-20(10-11-29-18)22-14-21(15-24(31)23(28)13-19-8-6-5-7-9-19)26(30-16-22)33-17-25(32)34-27(2,3)4/h5-17,19,21,30H,18,20,22-23H2,1-4H3,(H,38,41);5-12,14,16,23H,13,15,17,28H2,1-4H3/t30-;23-/m00/s1. The third-order valence-corrected chi connectivity index (χ3v) is 11.4. The second kappa shape index (κ2) is 27.9. The monoisotopic (exact) mass is 1060 g/mol. The third kappa shape index (κ3) is 19.8. The van der Waals surface area contributed by atoms with Crippen molar-refractivity contribution in [2.24, 2.45) is 5.73 Å². The fourth-order valence-corrected chi connectivity index (χ4v) is 7.89. The topological polar surface area (TPSA) is 221 Å². The quantitative estimate of drug-likeness (QED) is 0.0505. The van der Waals surface area contributed by atoms with Crippen LogP contribution in [0.25, 0.3) is 22.3 Å². The molecule has 0 aliphatic rings. The summed E-state index contributed by atoms with van der Waals surface area (Å²) < 4.78 is 27.5. The number of Topliss-reactive ketones (excluding diaryl/α,β-unsaturated/α-hetero) is 2. The Labute approximate surface area is 456 Å². The van der Waals surface area contributed by atoms with Crippen LogP contribution in [0.5, 0.6) is 11.8 Å². The van der Waals surface area contributed by atoms with E-state index in [1.165, 1.54) is 0 Å². The van der Waals surface area contributed by atoms with E-state index >= 15 is 0 Å². The number of hydrogen-bond acceptors (Lipinski definition) is 15. The summed E-state index contributed by atoms with van der Waals surface area (Å²) in [6.07, 6.45) is 6.58. The van der Waals surface area contributed by atoms with Crippen molar-refractivity contribution in [2.75, 3.05) is 13.2 Å². The number of rotatable bonds is 21. The van der Waals surface area contributed by atoms with Crippen LogP contribution in [0.15, 0.2) is 152 Å². The molecule has 0 radical (unpaired) electrons. The van der Waals surface area contributed by atoms with Gasteiger partial charge in [0.25, 0.3) is 0 Å². The molecular formula is C62H68N6O10. The molecule has 4 heterocycles. The zero-order valence-electron chi connectivity index (χ0n) is 45.5. The minimum atomic E-state index is -0.897. The Balaban J connectivity index is 0.000000261. The highest BCUT2D eigenvalue weighted by Gasteiger charge is 2.26. The van der Waals surface area contributed by atoms with Crippen LogP contribution < -0.4 is 20.5 Å². The van der Waals surface area contributed by atoms with Gasteiger partial charge in [-0.2, -0.15) is 0 Å². The Kier molecular flexibility index (Phi) is 21.0. The average Bonchev–Trinajstić information content (AvgIpc) is 3.43. The normalized spacial score (nSPS) is 11.9. The second-order valence-corrected chi connectivity index (χ2v) is 20.5. The molecule has 16 heteroatoms. The summed E-state index contributed by atoms with van der Waals surface area (Å²) in [5.41, 5.74) is 13.7. The maximum atomic E-state index is 13.9. The number of nitrogens with two attached hydrogens (primary N) is 1. The third-order valence-electron chi connectivity index (χ3n) is 11.4. The molecule has 0 unspecified atom stereocenters. The van der Waals surface area contributed by atoms with E-state index in [-0.39, 0.29) is 62.4 Å². The zero-order valence-corrected chi connectivity index (χ0v) is 45.5. The van der Waals surface area contributed by atoms with Gasteiger partial charge < -0.3 is 34.7 Å².